The van der Waals surface area contributed by atoms with E-state index in [-0.39, 0.29) is 11.8 Å². The second-order valence-corrected chi connectivity index (χ2v) is 7.33. The van der Waals surface area contributed by atoms with Gasteiger partial charge in [0, 0.05) is 12.5 Å². The summed E-state index contributed by atoms with van der Waals surface area (Å²) < 4.78 is 16.8. The molecule has 0 fully saturated rings. The molecule has 0 atom stereocenters. The summed E-state index contributed by atoms with van der Waals surface area (Å²) in [5, 5.41) is 8.91. The van der Waals surface area contributed by atoms with E-state index in [1.807, 2.05) is 18.2 Å². The molecule has 0 saturated carbocycles. The van der Waals surface area contributed by atoms with Crippen molar-refractivity contribution in [2.24, 2.45) is 0 Å². The highest BCUT2D eigenvalue weighted by Gasteiger charge is 2.17. The van der Waals surface area contributed by atoms with E-state index in [0.717, 1.165) is 17.7 Å². The van der Waals surface area contributed by atoms with Crippen molar-refractivity contribution < 1.29 is 24.1 Å². The van der Waals surface area contributed by atoms with Crippen LogP contribution >= 0.6 is 0 Å². The van der Waals surface area contributed by atoms with Crippen LogP contribution in [0.3, 0.4) is 0 Å². The topological polar surface area (TPSA) is 65.0 Å². The van der Waals surface area contributed by atoms with Gasteiger partial charge in [-0.1, -0.05) is 39.0 Å². The predicted molar refractivity (Wildman–Crippen MR) is 110 cm³/mol. The van der Waals surface area contributed by atoms with E-state index < -0.39 is 5.97 Å². The lowest BCUT2D eigenvalue weighted by molar-refractivity contribution is -0.136. The molecule has 0 aromatic heterocycles. The number of carboxylic acid groups (broad SMARTS) is 1. The second kappa shape index (κ2) is 10.0. The molecule has 2 rings (SSSR count). The third-order valence-corrected chi connectivity index (χ3v) is 5.01. The molecular formula is C23H30O5. The van der Waals surface area contributed by atoms with Crippen LogP contribution in [-0.4, -0.2) is 31.4 Å². The Morgan fingerprint density at radius 1 is 1.00 bits per heavy atom. The minimum atomic E-state index is -0.834. The number of carbonyl (C=O) groups is 1. The quantitative estimate of drug-likeness (QED) is 0.559. The van der Waals surface area contributed by atoms with E-state index in [9.17, 15) is 4.79 Å². The summed E-state index contributed by atoms with van der Waals surface area (Å²) in [6.45, 7) is 7.39. The molecule has 2 aromatic carbocycles. The Hall–Kier alpha value is -2.69. The maximum absolute atomic E-state index is 10.8. The number of hydrogen-bond donors (Lipinski definition) is 1. The Morgan fingerprint density at radius 2 is 1.64 bits per heavy atom. The first-order valence-corrected chi connectivity index (χ1v) is 9.60. The van der Waals surface area contributed by atoms with Gasteiger partial charge in [-0.25, -0.2) is 0 Å². The van der Waals surface area contributed by atoms with Gasteiger partial charge in [0.1, 0.15) is 30.5 Å². The van der Waals surface area contributed by atoms with Gasteiger partial charge in [0.25, 0.3) is 0 Å². The molecule has 2 aromatic rings. The van der Waals surface area contributed by atoms with Gasteiger partial charge >= 0.3 is 5.97 Å². The van der Waals surface area contributed by atoms with Crippen LogP contribution in [0.15, 0.2) is 42.5 Å². The number of benzene rings is 2. The molecule has 5 heteroatoms. The average molecular weight is 386 g/mol. The normalized spacial score (nSPS) is 11.1. The van der Waals surface area contributed by atoms with E-state index in [1.54, 1.807) is 19.2 Å². The van der Waals surface area contributed by atoms with Crippen molar-refractivity contribution >= 4 is 5.97 Å². The monoisotopic (exact) mass is 386 g/mol. The molecule has 1 N–H and O–H groups in total. The number of methoxy groups -OCH3 is 1. The summed E-state index contributed by atoms with van der Waals surface area (Å²) in [7, 11) is 1.59. The SMILES string of the molecule is CCC(C)(C)c1ccc(OCCOc2cc(OC)ccc2CCC(=O)O)cc1. The van der Waals surface area contributed by atoms with Gasteiger partial charge in [0.05, 0.1) is 7.11 Å². The minimum Gasteiger partial charge on any atom is -0.497 e. The van der Waals surface area contributed by atoms with Gasteiger partial charge in [-0.3, -0.25) is 4.79 Å². The minimum absolute atomic E-state index is 0.0552. The van der Waals surface area contributed by atoms with Crippen LogP contribution in [0, 0.1) is 0 Å². The van der Waals surface area contributed by atoms with E-state index in [2.05, 4.69) is 32.9 Å². The first kappa shape index (κ1) is 21.6. The zero-order chi connectivity index (χ0) is 20.6. The fourth-order valence-corrected chi connectivity index (χ4v) is 2.76. The Morgan fingerprint density at radius 3 is 2.25 bits per heavy atom. The van der Waals surface area contributed by atoms with Crippen LogP contribution in [0.25, 0.3) is 0 Å². The number of aliphatic carboxylic acids is 1. The van der Waals surface area contributed by atoms with Crippen LogP contribution in [0.5, 0.6) is 17.2 Å². The van der Waals surface area contributed by atoms with Crippen LogP contribution < -0.4 is 14.2 Å². The number of ether oxygens (including phenoxy) is 3. The molecule has 5 nitrogen and oxygen atoms in total. The van der Waals surface area contributed by atoms with Gasteiger partial charge in [0.15, 0.2) is 0 Å². The molecule has 0 aliphatic rings. The zero-order valence-electron chi connectivity index (χ0n) is 17.2. The van der Waals surface area contributed by atoms with Crippen molar-refractivity contribution in [3.05, 3.63) is 53.6 Å². The third-order valence-electron chi connectivity index (χ3n) is 5.01. The molecule has 0 unspecified atom stereocenters. The van der Waals surface area contributed by atoms with E-state index >= 15 is 0 Å². The summed E-state index contributed by atoms with van der Waals surface area (Å²) in [5.74, 6) is 1.27. The summed E-state index contributed by atoms with van der Waals surface area (Å²) in [5.41, 5.74) is 2.28. The van der Waals surface area contributed by atoms with Gasteiger partial charge in [-0.2, -0.15) is 0 Å². The fourth-order valence-electron chi connectivity index (χ4n) is 2.76. The molecule has 0 bridgehead atoms. The fraction of sp³-hybridized carbons (Fsp3) is 0.435. The largest absolute Gasteiger partial charge is 0.497 e. The molecule has 152 valence electrons. The average Bonchev–Trinajstić information content (AvgIpc) is 2.70. The highest BCUT2D eigenvalue weighted by molar-refractivity contribution is 5.67. The summed E-state index contributed by atoms with van der Waals surface area (Å²) in [4.78, 5) is 10.8. The lowest BCUT2D eigenvalue weighted by Gasteiger charge is -2.23. The van der Waals surface area contributed by atoms with Crippen molar-refractivity contribution in [3.63, 3.8) is 0 Å². The van der Waals surface area contributed by atoms with Gasteiger partial charge in [0.2, 0.25) is 0 Å². The molecule has 0 amide bonds. The number of rotatable bonds is 11. The molecule has 28 heavy (non-hydrogen) atoms. The first-order valence-electron chi connectivity index (χ1n) is 9.60. The number of aryl methyl sites for hydroxylation is 1. The third kappa shape index (κ3) is 6.19. The smallest absolute Gasteiger partial charge is 0.303 e. The number of carboxylic acids is 1. The lowest BCUT2D eigenvalue weighted by atomic mass is 9.82. The van der Waals surface area contributed by atoms with Crippen molar-refractivity contribution in [2.45, 2.75) is 45.4 Å². The van der Waals surface area contributed by atoms with Gasteiger partial charge in [-0.05, 0) is 47.6 Å². The van der Waals surface area contributed by atoms with Crippen molar-refractivity contribution in [3.8, 4) is 17.2 Å². The molecule has 0 aliphatic carbocycles. The highest BCUT2D eigenvalue weighted by atomic mass is 16.5. The maximum Gasteiger partial charge on any atom is 0.303 e. The van der Waals surface area contributed by atoms with Crippen LogP contribution in [-0.2, 0) is 16.6 Å². The standard InChI is InChI=1S/C23H30O5/c1-5-23(2,3)18-8-11-19(12-9-18)27-14-15-28-21-16-20(26-4)10-6-17(21)7-13-22(24)25/h6,8-12,16H,5,7,13-15H2,1-4H3,(H,24,25). The van der Waals surface area contributed by atoms with Crippen LogP contribution in [0.2, 0.25) is 0 Å². The predicted octanol–water partition coefficient (Wildman–Crippen LogP) is 4.86. The van der Waals surface area contributed by atoms with E-state index in [4.69, 9.17) is 19.3 Å². The van der Waals surface area contributed by atoms with Crippen LogP contribution in [0.4, 0.5) is 0 Å². The maximum atomic E-state index is 10.8. The van der Waals surface area contributed by atoms with Crippen molar-refractivity contribution in [1.29, 1.82) is 0 Å². The summed E-state index contributed by atoms with van der Waals surface area (Å²) in [6, 6.07) is 13.6. The molecule has 0 spiro atoms. The lowest BCUT2D eigenvalue weighted by Crippen LogP contribution is -2.15. The Balaban J connectivity index is 1.91. The summed E-state index contributed by atoms with van der Waals surface area (Å²) in [6.07, 6.45) is 1.54. The molecule has 0 aliphatic heterocycles. The van der Waals surface area contributed by atoms with E-state index in [0.29, 0.717) is 31.1 Å². The molecule has 0 heterocycles. The summed E-state index contributed by atoms with van der Waals surface area (Å²) >= 11 is 0. The highest BCUT2D eigenvalue weighted by Crippen LogP contribution is 2.28. The molecular weight excluding hydrogens is 356 g/mol. The second-order valence-electron chi connectivity index (χ2n) is 7.33. The first-order chi connectivity index (χ1) is 13.4. The Bertz CT molecular complexity index is 765. The zero-order valence-corrected chi connectivity index (χ0v) is 17.2. The Kier molecular flexibility index (Phi) is 7.73. The Labute approximate surface area is 167 Å². The van der Waals surface area contributed by atoms with Crippen molar-refractivity contribution in [1.82, 2.24) is 0 Å². The van der Waals surface area contributed by atoms with Crippen LogP contribution in [0.1, 0.15) is 44.7 Å². The number of hydrogen-bond acceptors (Lipinski definition) is 4. The van der Waals surface area contributed by atoms with E-state index in [1.165, 1.54) is 5.56 Å². The van der Waals surface area contributed by atoms with Crippen molar-refractivity contribution in [2.75, 3.05) is 20.3 Å². The van der Waals surface area contributed by atoms with Gasteiger partial charge < -0.3 is 19.3 Å². The molecule has 0 saturated heterocycles. The molecule has 0 radical (unpaired) electrons. The van der Waals surface area contributed by atoms with Gasteiger partial charge in [-0.15, -0.1) is 0 Å².